The monoisotopic (exact) mass is 186 g/mol. The zero-order valence-corrected chi connectivity index (χ0v) is 8.52. The SMILES string of the molecule is C=C(N=C/C(Cl)=C\N)C(C)(C)C. The van der Waals surface area contributed by atoms with Crippen molar-refractivity contribution in [3.8, 4) is 0 Å². The molecule has 2 nitrogen and oxygen atoms in total. The van der Waals surface area contributed by atoms with Gasteiger partial charge in [-0.2, -0.15) is 0 Å². The molecule has 0 rings (SSSR count). The average molecular weight is 187 g/mol. The summed E-state index contributed by atoms with van der Waals surface area (Å²) in [5, 5.41) is 0.417. The molecule has 0 fully saturated rings. The fourth-order valence-corrected chi connectivity index (χ4v) is 0.425. The maximum Gasteiger partial charge on any atom is 0.0743 e. The van der Waals surface area contributed by atoms with Gasteiger partial charge in [0, 0.05) is 23.5 Å². The van der Waals surface area contributed by atoms with Crippen LogP contribution in [0, 0.1) is 5.41 Å². The minimum atomic E-state index is -0.0255. The molecule has 0 saturated heterocycles. The van der Waals surface area contributed by atoms with Crippen molar-refractivity contribution in [2.45, 2.75) is 20.8 Å². The Kier molecular flexibility index (Phi) is 4.04. The molecule has 0 aliphatic heterocycles. The average Bonchev–Trinajstić information content (AvgIpc) is 1.97. The van der Waals surface area contributed by atoms with Crippen LogP contribution in [0.25, 0.3) is 0 Å². The summed E-state index contributed by atoms with van der Waals surface area (Å²) in [6.45, 7) is 9.91. The lowest BCUT2D eigenvalue weighted by Crippen LogP contribution is -2.06. The van der Waals surface area contributed by atoms with Crippen LogP contribution in [0.1, 0.15) is 20.8 Å². The maximum atomic E-state index is 5.61. The van der Waals surface area contributed by atoms with Crippen LogP contribution in [0.15, 0.2) is 28.5 Å². The van der Waals surface area contributed by atoms with Crippen molar-refractivity contribution in [1.82, 2.24) is 0 Å². The summed E-state index contributed by atoms with van der Waals surface area (Å²) in [5.41, 5.74) is 5.91. The first-order valence-electron chi connectivity index (χ1n) is 3.69. The lowest BCUT2D eigenvalue weighted by molar-refractivity contribution is 0.501. The Bertz CT molecular complexity index is 221. The summed E-state index contributed by atoms with van der Waals surface area (Å²) < 4.78 is 0. The van der Waals surface area contributed by atoms with E-state index >= 15 is 0 Å². The van der Waals surface area contributed by atoms with E-state index in [1.165, 1.54) is 12.4 Å². The second-order valence-corrected chi connectivity index (χ2v) is 3.94. The molecule has 0 aromatic heterocycles. The Labute approximate surface area is 78.8 Å². The second kappa shape index (κ2) is 4.31. The van der Waals surface area contributed by atoms with Crippen LogP contribution in [0.4, 0.5) is 0 Å². The van der Waals surface area contributed by atoms with Crippen LogP contribution in [-0.2, 0) is 0 Å². The summed E-state index contributed by atoms with van der Waals surface area (Å²) in [6.07, 6.45) is 2.79. The van der Waals surface area contributed by atoms with Gasteiger partial charge in [0.25, 0.3) is 0 Å². The molecule has 0 aromatic carbocycles. The molecule has 2 N–H and O–H groups in total. The summed E-state index contributed by atoms with van der Waals surface area (Å²) in [6, 6.07) is 0. The molecular weight excluding hydrogens is 172 g/mol. The highest BCUT2D eigenvalue weighted by Crippen LogP contribution is 2.24. The van der Waals surface area contributed by atoms with Gasteiger partial charge < -0.3 is 5.73 Å². The highest BCUT2D eigenvalue weighted by Gasteiger charge is 2.13. The van der Waals surface area contributed by atoms with Crippen LogP contribution >= 0.6 is 11.6 Å². The number of allylic oxidation sites excluding steroid dienone is 2. The highest BCUT2D eigenvalue weighted by atomic mass is 35.5. The molecule has 0 spiro atoms. The van der Waals surface area contributed by atoms with E-state index in [0.29, 0.717) is 5.03 Å². The minimum Gasteiger partial charge on any atom is -0.403 e. The zero-order chi connectivity index (χ0) is 9.78. The Morgan fingerprint density at radius 3 is 2.33 bits per heavy atom. The molecule has 3 heteroatoms. The summed E-state index contributed by atoms with van der Waals surface area (Å²) >= 11 is 5.61. The summed E-state index contributed by atoms with van der Waals surface area (Å²) in [7, 11) is 0. The molecule has 0 aliphatic rings. The quantitative estimate of drug-likeness (QED) is 0.662. The van der Waals surface area contributed by atoms with Gasteiger partial charge in [-0.25, -0.2) is 0 Å². The maximum absolute atomic E-state index is 5.61. The van der Waals surface area contributed by atoms with Crippen molar-refractivity contribution in [2.24, 2.45) is 16.1 Å². The van der Waals surface area contributed by atoms with E-state index < -0.39 is 0 Å². The van der Waals surface area contributed by atoms with Crippen LogP contribution in [0.5, 0.6) is 0 Å². The predicted octanol–water partition coefficient (Wildman–Crippen LogP) is 2.66. The molecule has 0 aromatic rings. The largest absolute Gasteiger partial charge is 0.403 e. The van der Waals surface area contributed by atoms with E-state index in [0.717, 1.165) is 5.70 Å². The predicted molar refractivity (Wildman–Crippen MR) is 55.2 cm³/mol. The van der Waals surface area contributed by atoms with Gasteiger partial charge in [0.1, 0.15) is 0 Å². The van der Waals surface area contributed by atoms with Gasteiger partial charge in [-0.05, 0) is 0 Å². The number of hydrogen-bond donors (Lipinski definition) is 1. The van der Waals surface area contributed by atoms with Crippen LogP contribution in [0.3, 0.4) is 0 Å². The van der Waals surface area contributed by atoms with Crippen molar-refractivity contribution in [2.75, 3.05) is 0 Å². The van der Waals surface area contributed by atoms with Crippen molar-refractivity contribution < 1.29 is 0 Å². The van der Waals surface area contributed by atoms with Crippen molar-refractivity contribution in [1.29, 1.82) is 0 Å². The molecule has 0 atom stereocenters. The standard InChI is InChI=1S/C9H15ClN2/c1-7(9(2,3)4)12-6-8(10)5-11/h5-6H,1,11H2,2-4H3/b8-5+,12-6?. The number of nitrogens with two attached hydrogens (primary N) is 1. The van der Waals surface area contributed by atoms with Crippen LogP contribution in [-0.4, -0.2) is 6.21 Å². The molecule has 68 valence electrons. The summed E-state index contributed by atoms with van der Waals surface area (Å²) in [5.74, 6) is 0. The first kappa shape index (κ1) is 11.2. The van der Waals surface area contributed by atoms with E-state index in [1.807, 2.05) is 20.8 Å². The topological polar surface area (TPSA) is 38.4 Å². The van der Waals surface area contributed by atoms with E-state index in [2.05, 4.69) is 11.6 Å². The molecule has 0 amide bonds. The van der Waals surface area contributed by atoms with E-state index in [1.54, 1.807) is 0 Å². The molecule has 0 radical (unpaired) electrons. The fourth-order valence-electron chi connectivity index (χ4n) is 0.376. The Morgan fingerprint density at radius 1 is 1.50 bits per heavy atom. The minimum absolute atomic E-state index is 0.0255. The van der Waals surface area contributed by atoms with Gasteiger partial charge in [0.15, 0.2) is 0 Å². The lowest BCUT2D eigenvalue weighted by atomic mass is 9.93. The fraction of sp³-hybridized carbons (Fsp3) is 0.444. The number of hydrogen-bond acceptors (Lipinski definition) is 2. The first-order valence-corrected chi connectivity index (χ1v) is 4.06. The Balaban J connectivity index is 4.29. The van der Waals surface area contributed by atoms with Gasteiger partial charge in [0.05, 0.1) is 5.03 Å². The molecule has 0 heterocycles. The van der Waals surface area contributed by atoms with Crippen molar-refractivity contribution in [3.05, 3.63) is 23.5 Å². The van der Waals surface area contributed by atoms with Crippen LogP contribution < -0.4 is 5.73 Å². The molecule has 0 bridgehead atoms. The molecule has 12 heavy (non-hydrogen) atoms. The zero-order valence-electron chi connectivity index (χ0n) is 7.76. The second-order valence-electron chi connectivity index (χ2n) is 3.51. The smallest absolute Gasteiger partial charge is 0.0743 e. The lowest BCUT2D eigenvalue weighted by Gasteiger charge is -2.17. The molecule has 0 unspecified atom stereocenters. The van der Waals surface area contributed by atoms with E-state index in [4.69, 9.17) is 17.3 Å². The number of rotatable bonds is 2. The summed E-state index contributed by atoms with van der Waals surface area (Å²) in [4.78, 5) is 4.07. The third-order valence-corrected chi connectivity index (χ3v) is 1.59. The Hall–Kier alpha value is -0.760. The highest BCUT2D eigenvalue weighted by molar-refractivity contribution is 6.39. The third-order valence-electron chi connectivity index (χ3n) is 1.37. The van der Waals surface area contributed by atoms with Gasteiger partial charge in [-0.1, -0.05) is 39.0 Å². The number of nitrogens with zero attached hydrogens (tertiary/aromatic N) is 1. The van der Waals surface area contributed by atoms with E-state index in [9.17, 15) is 0 Å². The van der Waals surface area contributed by atoms with Gasteiger partial charge >= 0.3 is 0 Å². The molecule has 0 aliphatic carbocycles. The van der Waals surface area contributed by atoms with Gasteiger partial charge in [-0.15, -0.1) is 0 Å². The van der Waals surface area contributed by atoms with E-state index in [-0.39, 0.29) is 5.41 Å². The van der Waals surface area contributed by atoms with Gasteiger partial charge in [0.2, 0.25) is 0 Å². The van der Waals surface area contributed by atoms with Crippen molar-refractivity contribution in [3.63, 3.8) is 0 Å². The number of aliphatic imine (C=N–C) groups is 1. The molecule has 0 saturated carbocycles. The first-order chi connectivity index (χ1) is 5.38. The van der Waals surface area contributed by atoms with Crippen molar-refractivity contribution >= 4 is 17.8 Å². The van der Waals surface area contributed by atoms with Gasteiger partial charge in [-0.3, -0.25) is 4.99 Å². The third kappa shape index (κ3) is 4.19. The number of halogens is 1. The molecular formula is C9H15ClN2. The Morgan fingerprint density at radius 2 is 2.00 bits per heavy atom. The van der Waals surface area contributed by atoms with Crippen LogP contribution in [0.2, 0.25) is 0 Å². The normalized spacial score (nSPS) is 13.8.